The van der Waals surface area contributed by atoms with Gasteiger partial charge in [0.1, 0.15) is 6.33 Å². The highest BCUT2D eigenvalue weighted by atomic mass is 127. The van der Waals surface area contributed by atoms with E-state index >= 15 is 0 Å². The first-order valence-electron chi connectivity index (χ1n) is 13.7. The van der Waals surface area contributed by atoms with Crippen molar-refractivity contribution in [2.45, 2.75) is 64.6 Å². The van der Waals surface area contributed by atoms with Crippen molar-refractivity contribution in [2.24, 2.45) is 0 Å². The number of rotatable bonds is 6. The smallest absolute Gasteiger partial charge is 0.257 e. The van der Waals surface area contributed by atoms with Gasteiger partial charge in [0.25, 0.3) is 5.91 Å². The molecule has 0 radical (unpaired) electrons. The molecule has 0 atom stereocenters. The maximum Gasteiger partial charge on any atom is 0.257 e. The number of anilines is 1. The largest absolute Gasteiger partial charge is 0.364 e. The first-order valence-corrected chi connectivity index (χ1v) is 14.8. The predicted octanol–water partition coefficient (Wildman–Crippen LogP) is 5.86. The van der Waals surface area contributed by atoms with Crippen molar-refractivity contribution in [3.05, 3.63) is 87.0 Å². The molecule has 2 fully saturated rings. The maximum atomic E-state index is 13.3. The summed E-state index contributed by atoms with van der Waals surface area (Å²) in [4.78, 5) is 29.1. The molecular weight excluding hydrogens is 585 g/mol. The molecule has 38 heavy (non-hydrogen) atoms. The van der Waals surface area contributed by atoms with Crippen LogP contribution in [0.3, 0.4) is 0 Å². The van der Waals surface area contributed by atoms with Gasteiger partial charge in [0.2, 0.25) is 0 Å². The lowest BCUT2D eigenvalue weighted by Gasteiger charge is -2.50. The number of nitrogens with zero attached hydrogens (tertiary/aromatic N) is 5. The zero-order chi connectivity index (χ0) is 26.7. The van der Waals surface area contributed by atoms with Crippen LogP contribution in [0.2, 0.25) is 0 Å². The van der Waals surface area contributed by atoms with Gasteiger partial charge in [-0.2, -0.15) is 0 Å². The van der Waals surface area contributed by atoms with Crippen molar-refractivity contribution < 1.29 is 4.79 Å². The van der Waals surface area contributed by atoms with E-state index < -0.39 is 0 Å². The predicted molar refractivity (Wildman–Crippen MR) is 161 cm³/mol. The zero-order valence-corrected chi connectivity index (χ0v) is 24.9. The van der Waals surface area contributed by atoms with Gasteiger partial charge in [-0.15, -0.1) is 0 Å². The molecule has 3 heterocycles. The molecule has 7 heteroatoms. The molecule has 0 bridgehead atoms. The number of hydrogen-bond acceptors (Lipinski definition) is 5. The van der Waals surface area contributed by atoms with Gasteiger partial charge in [-0.05, 0) is 98.9 Å². The van der Waals surface area contributed by atoms with Gasteiger partial charge in [-0.1, -0.05) is 30.3 Å². The first kappa shape index (κ1) is 27.1. The van der Waals surface area contributed by atoms with Crippen LogP contribution in [0.4, 0.5) is 5.69 Å². The van der Waals surface area contributed by atoms with Gasteiger partial charge in [-0.25, -0.2) is 9.97 Å². The zero-order valence-electron chi connectivity index (χ0n) is 22.7. The average Bonchev–Trinajstić information content (AvgIpc) is 2.93. The maximum absolute atomic E-state index is 13.3. The molecule has 0 spiro atoms. The molecule has 6 nitrogen and oxygen atoms in total. The van der Waals surface area contributed by atoms with E-state index in [0.717, 1.165) is 69.8 Å². The Morgan fingerprint density at radius 3 is 2.16 bits per heavy atom. The third-order valence-corrected chi connectivity index (χ3v) is 9.31. The fourth-order valence-electron chi connectivity index (χ4n) is 6.13. The summed E-state index contributed by atoms with van der Waals surface area (Å²) in [6, 6.07) is 20.3. The molecule has 0 unspecified atom stereocenters. The number of aromatic nitrogens is 2. The number of aryl methyl sites for hydroxylation is 2. The van der Waals surface area contributed by atoms with Crippen LogP contribution >= 0.6 is 22.6 Å². The Kier molecular flexibility index (Phi) is 8.33. The third kappa shape index (κ3) is 5.88. The Balaban J connectivity index is 1.22. The summed E-state index contributed by atoms with van der Waals surface area (Å²) in [6.45, 7) is 10.9. The molecule has 0 N–H and O–H groups in total. The van der Waals surface area contributed by atoms with Crippen molar-refractivity contribution in [3.63, 3.8) is 0 Å². The quantitative estimate of drug-likeness (QED) is 0.322. The highest BCUT2D eigenvalue weighted by Gasteiger charge is 2.39. The van der Waals surface area contributed by atoms with Crippen molar-refractivity contribution in [1.82, 2.24) is 19.8 Å². The van der Waals surface area contributed by atoms with Gasteiger partial charge in [-0.3, -0.25) is 9.69 Å². The monoisotopic (exact) mass is 623 g/mol. The Morgan fingerprint density at radius 1 is 0.947 bits per heavy atom. The Hall–Kier alpha value is -2.52. The molecule has 1 aromatic heterocycles. The van der Waals surface area contributed by atoms with E-state index in [1.54, 1.807) is 0 Å². The van der Waals surface area contributed by atoms with E-state index in [2.05, 4.69) is 104 Å². The molecule has 1 amide bonds. The molecule has 2 aliphatic heterocycles. The van der Waals surface area contributed by atoms with Crippen molar-refractivity contribution in [1.29, 1.82) is 0 Å². The topological polar surface area (TPSA) is 52.6 Å². The van der Waals surface area contributed by atoms with E-state index in [4.69, 9.17) is 0 Å². The fraction of sp³-hybridized carbons (Fsp3) is 0.452. The highest BCUT2D eigenvalue weighted by molar-refractivity contribution is 14.1. The number of carbonyl (C=O) groups excluding carboxylic acids is 1. The second-order valence-corrected chi connectivity index (χ2v) is 12.3. The molecule has 2 saturated heterocycles. The molecule has 0 aliphatic carbocycles. The summed E-state index contributed by atoms with van der Waals surface area (Å²) in [5.41, 5.74) is 5.00. The summed E-state index contributed by atoms with van der Waals surface area (Å²) in [6.07, 6.45) is 5.84. The molecule has 2 aliphatic rings. The number of carbonyl (C=O) groups is 1. The SMILES string of the molecule is Cc1ncnc(C)c1C(=O)N1CCC(C)(N2CCC(N(Cc3ccccc3)c3ccc(I)cc3)CC2)CC1. The summed E-state index contributed by atoms with van der Waals surface area (Å²) in [5, 5.41) is 0. The van der Waals surface area contributed by atoms with Gasteiger partial charge < -0.3 is 9.80 Å². The summed E-state index contributed by atoms with van der Waals surface area (Å²) < 4.78 is 1.27. The lowest BCUT2D eigenvalue weighted by molar-refractivity contribution is 0.0170. The lowest BCUT2D eigenvalue weighted by atomic mass is 9.85. The first-order chi connectivity index (χ1) is 18.3. The Bertz CT molecular complexity index is 1210. The summed E-state index contributed by atoms with van der Waals surface area (Å²) in [5.74, 6) is 0.0791. The highest BCUT2D eigenvalue weighted by Crippen LogP contribution is 2.34. The summed E-state index contributed by atoms with van der Waals surface area (Å²) >= 11 is 2.38. The molecule has 2 aromatic carbocycles. The normalized spacial score (nSPS) is 18.4. The van der Waals surface area contributed by atoms with Crippen LogP contribution in [0.15, 0.2) is 60.9 Å². The van der Waals surface area contributed by atoms with Crippen LogP contribution < -0.4 is 4.90 Å². The number of piperidine rings is 2. The van der Waals surface area contributed by atoms with Crippen LogP contribution in [0.25, 0.3) is 0 Å². The van der Waals surface area contributed by atoms with Crippen molar-refractivity contribution >= 4 is 34.2 Å². The Morgan fingerprint density at radius 2 is 1.55 bits per heavy atom. The van der Waals surface area contributed by atoms with Crippen LogP contribution in [0.1, 0.15) is 59.9 Å². The molecule has 3 aromatic rings. The van der Waals surface area contributed by atoms with Gasteiger partial charge in [0.15, 0.2) is 0 Å². The van der Waals surface area contributed by atoms with E-state index in [-0.39, 0.29) is 11.4 Å². The van der Waals surface area contributed by atoms with Crippen LogP contribution in [0.5, 0.6) is 0 Å². The summed E-state index contributed by atoms with van der Waals surface area (Å²) in [7, 11) is 0. The molecular formula is C31H38IN5O. The van der Waals surface area contributed by atoms with Gasteiger partial charge >= 0.3 is 0 Å². The van der Waals surface area contributed by atoms with Crippen molar-refractivity contribution in [2.75, 3.05) is 31.1 Å². The van der Waals surface area contributed by atoms with Crippen molar-refractivity contribution in [3.8, 4) is 0 Å². The minimum atomic E-state index is 0.0791. The van der Waals surface area contributed by atoms with Crippen LogP contribution in [-0.4, -0.2) is 63.4 Å². The standard InChI is InChI=1S/C31H38IN5O/c1-23-29(24(2)34-22-33-23)30(38)35-19-15-31(3,16-20-35)36-17-13-28(14-18-36)37(21-25-7-5-4-6-8-25)27-11-9-26(32)10-12-27/h4-12,22,28H,13-21H2,1-3H3. The molecule has 0 saturated carbocycles. The molecule has 200 valence electrons. The number of likely N-dealkylation sites (tertiary alicyclic amines) is 2. The van der Waals surface area contributed by atoms with Crippen LogP contribution in [-0.2, 0) is 6.54 Å². The average molecular weight is 624 g/mol. The second kappa shape index (κ2) is 11.7. The Labute approximate surface area is 240 Å². The van der Waals surface area contributed by atoms with E-state index in [0.29, 0.717) is 11.6 Å². The third-order valence-electron chi connectivity index (χ3n) is 8.59. The number of amides is 1. The van der Waals surface area contributed by atoms with Crippen LogP contribution in [0, 0.1) is 17.4 Å². The number of halogens is 1. The number of hydrogen-bond donors (Lipinski definition) is 0. The minimum Gasteiger partial charge on any atom is -0.364 e. The lowest BCUT2D eigenvalue weighted by Crippen LogP contribution is -2.58. The number of benzene rings is 2. The van der Waals surface area contributed by atoms with Gasteiger partial charge in [0, 0.05) is 53.6 Å². The minimum absolute atomic E-state index is 0.0791. The second-order valence-electron chi connectivity index (χ2n) is 11.0. The van der Waals surface area contributed by atoms with Gasteiger partial charge in [0.05, 0.1) is 17.0 Å². The fourth-order valence-corrected chi connectivity index (χ4v) is 6.49. The van der Waals surface area contributed by atoms with E-state index in [9.17, 15) is 4.79 Å². The van der Waals surface area contributed by atoms with E-state index in [1.165, 1.54) is 21.1 Å². The molecule has 5 rings (SSSR count). The van der Waals surface area contributed by atoms with E-state index in [1.807, 2.05) is 18.7 Å².